The third kappa shape index (κ3) is 7.79. The SMILES string of the molecule is CN=C(NCCCSc1ccc(F)cc1)NCc1cccc(NC(=O)N2CCCC2)c1. The lowest BCUT2D eigenvalue weighted by molar-refractivity contribution is 0.222. The van der Waals surface area contributed by atoms with E-state index in [2.05, 4.69) is 20.9 Å². The Bertz CT molecular complexity index is 869. The van der Waals surface area contributed by atoms with Gasteiger partial charge in [-0.25, -0.2) is 9.18 Å². The maximum Gasteiger partial charge on any atom is 0.321 e. The van der Waals surface area contributed by atoms with Gasteiger partial charge in [0.2, 0.25) is 0 Å². The second kappa shape index (κ2) is 12.2. The Kier molecular flexibility index (Phi) is 9.02. The summed E-state index contributed by atoms with van der Waals surface area (Å²) in [5, 5.41) is 9.59. The first-order valence-corrected chi connectivity index (χ1v) is 11.6. The normalized spacial score (nSPS) is 13.9. The molecule has 1 fully saturated rings. The molecule has 166 valence electrons. The van der Waals surface area contributed by atoms with E-state index in [9.17, 15) is 9.18 Å². The predicted molar refractivity (Wildman–Crippen MR) is 126 cm³/mol. The van der Waals surface area contributed by atoms with Gasteiger partial charge in [-0.2, -0.15) is 0 Å². The summed E-state index contributed by atoms with van der Waals surface area (Å²) in [6.07, 6.45) is 3.11. The number of nitrogens with zero attached hydrogens (tertiary/aromatic N) is 2. The molecule has 1 saturated heterocycles. The van der Waals surface area contributed by atoms with Gasteiger partial charge < -0.3 is 20.9 Å². The lowest BCUT2D eigenvalue weighted by Gasteiger charge is -2.17. The molecule has 2 aromatic rings. The van der Waals surface area contributed by atoms with Gasteiger partial charge in [0.25, 0.3) is 0 Å². The van der Waals surface area contributed by atoms with Crippen molar-refractivity contribution in [2.45, 2.75) is 30.7 Å². The van der Waals surface area contributed by atoms with Gasteiger partial charge in [-0.3, -0.25) is 4.99 Å². The molecule has 0 spiro atoms. The first-order valence-electron chi connectivity index (χ1n) is 10.6. The molecule has 8 heteroatoms. The number of benzene rings is 2. The molecule has 31 heavy (non-hydrogen) atoms. The van der Waals surface area contributed by atoms with Crippen LogP contribution >= 0.6 is 11.8 Å². The number of halogens is 1. The number of anilines is 1. The van der Waals surface area contributed by atoms with E-state index in [-0.39, 0.29) is 11.8 Å². The summed E-state index contributed by atoms with van der Waals surface area (Å²) in [4.78, 5) is 19.5. The highest BCUT2D eigenvalue weighted by Crippen LogP contribution is 2.18. The van der Waals surface area contributed by atoms with Crippen LogP contribution in [0.25, 0.3) is 0 Å². The van der Waals surface area contributed by atoms with Gasteiger partial charge in [0.15, 0.2) is 5.96 Å². The van der Waals surface area contributed by atoms with Crippen LogP contribution in [0.5, 0.6) is 0 Å². The van der Waals surface area contributed by atoms with Gasteiger partial charge in [0, 0.05) is 43.8 Å². The third-order valence-electron chi connectivity index (χ3n) is 4.95. The van der Waals surface area contributed by atoms with Crippen molar-refractivity contribution in [1.29, 1.82) is 0 Å². The Morgan fingerprint density at radius 1 is 1.13 bits per heavy atom. The quantitative estimate of drug-likeness (QED) is 0.246. The molecule has 0 saturated carbocycles. The topological polar surface area (TPSA) is 68.8 Å². The number of hydrogen-bond acceptors (Lipinski definition) is 3. The van der Waals surface area contributed by atoms with Crippen molar-refractivity contribution in [1.82, 2.24) is 15.5 Å². The molecule has 0 bridgehead atoms. The highest BCUT2D eigenvalue weighted by atomic mass is 32.2. The number of carbonyl (C=O) groups excluding carboxylic acids is 1. The fourth-order valence-corrected chi connectivity index (χ4v) is 4.14. The first-order chi connectivity index (χ1) is 15.1. The number of nitrogens with one attached hydrogen (secondary N) is 3. The van der Waals surface area contributed by atoms with E-state index in [1.54, 1.807) is 30.9 Å². The number of amides is 2. The van der Waals surface area contributed by atoms with Crippen LogP contribution < -0.4 is 16.0 Å². The average Bonchev–Trinajstić information content (AvgIpc) is 3.32. The Hall–Kier alpha value is -2.74. The third-order valence-corrected chi connectivity index (χ3v) is 6.05. The van der Waals surface area contributed by atoms with Crippen LogP contribution in [-0.2, 0) is 6.54 Å². The lowest BCUT2D eigenvalue weighted by Crippen LogP contribution is -2.37. The monoisotopic (exact) mass is 443 g/mol. The Labute approximate surface area is 187 Å². The van der Waals surface area contributed by atoms with Gasteiger partial charge in [-0.1, -0.05) is 12.1 Å². The zero-order valence-corrected chi connectivity index (χ0v) is 18.7. The zero-order valence-electron chi connectivity index (χ0n) is 17.9. The molecule has 3 N–H and O–H groups in total. The summed E-state index contributed by atoms with van der Waals surface area (Å²) in [5.74, 6) is 1.47. The Balaban J connectivity index is 1.36. The maximum absolute atomic E-state index is 12.9. The van der Waals surface area contributed by atoms with E-state index < -0.39 is 0 Å². The van der Waals surface area contributed by atoms with E-state index in [1.165, 1.54) is 12.1 Å². The minimum Gasteiger partial charge on any atom is -0.356 e. The van der Waals surface area contributed by atoms with Crippen LogP contribution in [0.1, 0.15) is 24.8 Å². The predicted octanol–water partition coefficient (Wildman–Crippen LogP) is 4.30. The number of aliphatic imine (C=N–C) groups is 1. The average molecular weight is 444 g/mol. The van der Waals surface area contributed by atoms with E-state index in [1.807, 2.05) is 29.2 Å². The van der Waals surface area contributed by atoms with Crippen LogP contribution in [0.3, 0.4) is 0 Å². The highest BCUT2D eigenvalue weighted by Gasteiger charge is 2.17. The van der Waals surface area contributed by atoms with Gasteiger partial charge in [-0.15, -0.1) is 11.8 Å². The fourth-order valence-electron chi connectivity index (χ4n) is 3.29. The number of rotatable bonds is 8. The second-order valence-electron chi connectivity index (χ2n) is 7.33. The molecule has 3 rings (SSSR count). The zero-order chi connectivity index (χ0) is 21.9. The van der Waals surface area contributed by atoms with E-state index >= 15 is 0 Å². The molecule has 1 aliphatic rings. The smallest absolute Gasteiger partial charge is 0.321 e. The van der Waals surface area contributed by atoms with E-state index in [0.29, 0.717) is 6.54 Å². The summed E-state index contributed by atoms with van der Waals surface area (Å²) in [6, 6.07) is 14.4. The molecule has 2 aromatic carbocycles. The number of likely N-dealkylation sites (tertiary alicyclic amines) is 1. The summed E-state index contributed by atoms with van der Waals surface area (Å²) in [5.41, 5.74) is 1.87. The van der Waals surface area contributed by atoms with Gasteiger partial charge >= 0.3 is 6.03 Å². The Morgan fingerprint density at radius 3 is 2.65 bits per heavy atom. The number of thioether (sulfide) groups is 1. The summed E-state index contributed by atoms with van der Waals surface area (Å²) >= 11 is 1.71. The van der Waals surface area contributed by atoms with Gasteiger partial charge in [-0.05, 0) is 67.0 Å². The van der Waals surface area contributed by atoms with Crippen molar-refractivity contribution < 1.29 is 9.18 Å². The van der Waals surface area contributed by atoms with Crippen molar-refractivity contribution in [2.24, 2.45) is 4.99 Å². The second-order valence-corrected chi connectivity index (χ2v) is 8.50. The molecule has 2 amide bonds. The number of carbonyl (C=O) groups is 1. The van der Waals surface area contributed by atoms with Gasteiger partial charge in [0.05, 0.1) is 0 Å². The molecule has 0 unspecified atom stereocenters. The number of urea groups is 1. The molecular formula is C23H30FN5OS. The Morgan fingerprint density at radius 2 is 1.90 bits per heavy atom. The molecular weight excluding hydrogens is 413 g/mol. The van der Waals surface area contributed by atoms with Crippen molar-refractivity contribution in [2.75, 3.05) is 37.8 Å². The summed E-state index contributed by atoms with van der Waals surface area (Å²) in [7, 11) is 1.75. The first kappa shape index (κ1) is 22.9. The lowest BCUT2D eigenvalue weighted by atomic mass is 10.2. The van der Waals surface area contributed by atoms with Crippen molar-refractivity contribution >= 4 is 29.4 Å². The largest absolute Gasteiger partial charge is 0.356 e. The molecule has 6 nitrogen and oxygen atoms in total. The summed E-state index contributed by atoms with van der Waals surface area (Å²) in [6.45, 7) is 3.06. The van der Waals surface area contributed by atoms with Crippen LogP contribution in [0.2, 0.25) is 0 Å². The standard InChI is InChI=1S/C23H30FN5OS/c1-25-22(26-12-5-15-31-21-10-8-19(24)9-11-21)27-17-18-6-4-7-20(16-18)28-23(30)29-13-2-3-14-29/h4,6-11,16H,2-3,5,12-15,17H2,1H3,(H,28,30)(H2,25,26,27). The number of hydrogen-bond donors (Lipinski definition) is 3. The number of guanidine groups is 1. The molecule has 1 heterocycles. The van der Waals surface area contributed by atoms with Crippen LogP contribution in [-0.4, -0.2) is 49.3 Å². The highest BCUT2D eigenvalue weighted by molar-refractivity contribution is 7.99. The van der Waals surface area contributed by atoms with Crippen LogP contribution in [0.15, 0.2) is 58.4 Å². The molecule has 0 radical (unpaired) electrons. The fraction of sp³-hybridized carbons (Fsp3) is 0.391. The van der Waals surface area contributed by atoms with Crippen LogP contribution in [0.4, 0.5) is 14.9 Å². The molecule has 1 aliphatic heterocycles. The minimum atomic E-state index is -0.208. The molecule has 0 aromatic heterocycles. The van der Waals surface area contributed by atoms with E-state index in [0.717, 1.165) is 66.8 Å². The minimum absolute atomic E-state index is 0.0291. The van der Waals surface area contributed by atoms with Crippen LogP contribution in [0, 0.1) is 5.82 Å². The maximum atomic E-state index is 12.9. The van der Waals surface area contributed by atoms with E-state index in [4.69, 9.17) is 0 Å². The van der Waals surface area contributed by atoms with Gasteiger partial charge in [0.1, 0.15) is 5.82 Å². The summed E-state index contributed by atoms with van der Waals surface area (Å²) < 4.78 is 12.9. The molecule has 0 aliphatic carbocycles. The van der Waals surface area contributed by atoms with Crippen molar-refractivity contribution in [3.63, 3.8) is 0 Å². The molecule has 0 atom stereocenters. The van der Waals surface area contributed by atoms with Crippen molar-refractivity contribution in [3.05, 3.63) is 59.9 Å². The van der Waals surface area contributed by atoms with Crippen molar-refractivity contribution in [3.8, 4) is 0 Å².